The smallest absolute Gasteiger partial charge is 0.0744 e. The van der Waals surface area contributed by atoms with Gasteiger partial charge in [0.15, 0.2) is 0 Å². The first-order valence-electron chi connectivity index (χ1n) is 6.02. The second-order valence-corrected chi connectivity index (χ2v) is 5.81. The Morgan fingerprint density at radius 3 is 2.76 bits per heavy atom. The summed E-state index contributed by atoms with van der Waals surface area (Å²) >= 11 is 5.30. The number of ether oxygens (including phenoxy) is 1. The van der Waals surface area contributed by atoms with Crippen LogP contribution in [0.4, 0.5) is 0 Å². The summed E-state index contributed by atoms with van der Waals surface area (Å²) in [7, 11) is 0. The summed E-state index contributed by atoms with van der Waals surface area (Å²) in [5, 5.41) is 2.09. The molecule has 1 aromatic heterocycles. The van der Waals surface area contributed by atoms with E-state index in [9.17, 15) is 0 Å². The molecule has 1 aromatic rings. The monoisotopic (exact) mass is 320 g/mol. The fourth-order valence-corrected chi connectivity index (χ4v) is 3.44. The van der Waals surface area contributed by atoms with Gasteiger partial charge in [0.2, 0.25) is 0 Å². The van der Waals surface area contributed by atoms with Crippen LogP contribution in [0.3, 0.4) is 0 Å². The molecular weight excluding hydrogens is 300 g/mol. The highest BCUT2D eigenvalue weighted by Gasteiger charge is 2.21. The summed E-state index contributed by atoms with van der Waals surface area (Å²) in [5.74, 6) is 5.66. The Morgan fingerprint density at radius 1 is 1.53 bits per heavy atom. The Labute approximate surface area is 116 Å². The summed E-state index contributed by atoms with van der Waals surface area (Å²) in [5.41, 5.74) is 2.90. The van der Waals surface area contributed by atoms with Crippen LogP contribution in [0.1, 0.15) is 31.6 Å². The van der Waals surface area contributed by atoms with Gasteiger partial charge in [0.05, 0.1) is 12.1 Å². The lowest BCUT2D eigenvalue weighted by Crippen LogP contribution is -2.46. The van der Waals surface area contributed by atoms with Crippen LogP contribution < -0.4 is 11.3 Å². The molecule has 0 fully saturated rings. The molecule has 0 aliphatic heterocycles. The first kappa shape index (κ1) is 15.1. The number of thiophene rings is 1. The van der Waals surface area contributed by atoms with Gasteiger partial charge in [0.25, 0.3) is 0 Å². The molecule has 1 heterocycles. The van der Waals surface area contributed by atoms with E-state index in [-0.39, 0.29) is 12.1 Å². The summed E-state index contributed by atoms with van der Waals surface area (Å²) in [6, 6.07) is 2.24. The maximum atomic E-state index is 5.77. The van der Waals surface area contributed by atoms with Gasteiger partial charge in [-0.2, -0.15) is 0 Å². The van der Waals surface area contributed by atoms with E-state index in [1.165, 1.54) is 4.88 Å². The zero-order chi connectivity index (χ0) is 12.7. The molecule has 0 saturated heterocycles. The molecule has 98 valence electrons. The average Bonchev–Trinajstić information content (AvgIpc) is 2.71. The molecule has 0 radical (unpaired) electrons. The van der Waals surface area contributed by atoms with Gasteiger partial charge in [0.1, 0.15) is 0 Å². The number of nitrogens with two attached hydrogens (primary N) is 1. The Balaban J connectivity index is 2.64. The third-order valence-corrected chi connectivity index (χ3v) is 4.66. The van der Waals surface area contributed by atoms with E-state index in [4.69, 9.17) is 10.6 Å². The van der Waals surface area contributed by atoms with Crippen molar-refractivity contribution < 1.29 is 4.74 Å². The van der Waals surface area contributed by atoms with Crippen molar-refractivity contribution in [1.82, 2.24) is 5.43 Å². The van der Waals surface area contributed by atoms with Crippen molar-refractivity contribution >= 4 is 27.3 Å². The van der Waals surface area contributed by atoms with Crippen molar-refractivity contribution in [3.8, 4) is 0 Å². The van der Waals surface area contributed by atoms with Crippen LogP contribution in [0.15, 0.2) is 15.9 Å². The van der Waals surface area contributed by atoms with Gasteiger partial charge in [-0.25, -0.2) is 0 Å². The van der Waals surface area contributed by atoms with E-state index in [1.807, 2.05) is 6.92 Å². The van der Waals surface area contributed by atoms with Gasteiger partial charge in [-0.1, -0.05) is 13.3 Å². The topological polar surface area (TPSA) is 47.3 Å². The van der Waals surface area contributed by atoms with Crippen LogP contribution in [0.2, 0.25) is 0 Å². The summed E-state index contributed by atoms with van der Waals surface area (Å²) in [4.78, 5) is 1.31. The molecule has 3 nitrogen and oxygen atoms in total. The van der Waals surface area contributed by atoms with Gasteiger partial charge >= 0.3 is 0 Å². The minimum atomic E-state index is 0.171. The molecule has 17 heavy (non-hydrogen) atoms. The van der Waals surface area contributed by atoms with E-state index in [2.05, 4.69) is 39.7 Å². The Bertz CT molecular complexity index is 313. The molecule has 0 saturated carbocycles. The lowest BCUT2D eigenvalue weighted by Gasteiger charge is -2.26. The van der Waals surface area contributed by atoms with Gasteiger partial charge < -0.3 is 4.74 Å². The van der Waals surface area contributed by atoms with Crippen molar-refractivity contribution in [2.45, 2.75) is 45.3 Å². The third-order valence-electron chi connectivity index (χ3n) is 2.71. The Morgan fingerprint density at radius 2 is 2.29 bits per heavy atom. The predicted molar refractivity (Wildman–Crippen MR) is 77.2 cm³/mol. The summed E-state index contributed by atoms with van der Waals surface area (Å²) in [6.45, 7) is 4.92. The fourth-order valence-electron chi connectivity index (χ4n) is 1.87. The fraction of sp³-hybridized carbons (Fsp3) is 0.667. The van der Waals surface area contributed by atoms with E-state index >= 15 is 0 Å². The number of rotatable bonds is 8. The molecule has 0 aliphatic rings. The second-order valence-electron chi connectivity index (χ2n) is 3.95. The number of nitrogens with one attached hydrogen (secondary N) is 1. The highest BCUT2D eigenvalue weighted by Crippen LogP contribution is 2.25. The quantitative estimate of drug-likeness (QED) is 0.571. The first-order chi connectivity index (χ1) is 8.22. The summed E-state index contributed by atoms with van der Waals surface area (Å²) < 4.78 is 6.93. The van der Waals surface area contributed by atoms with Crippen molar-refractivity contribution in [1.29, 1.82) is 0 Å². The van der Waals surface area contributed by atoms with Crippen LogP contribution in [-0.2, 0) is 11.2 Å². The molecule has 0 aliphatic carbocycles. The SMILES string of the molecule is CCCC(OCC)C(Cc1sccc1Br)NN. The first-order valence-corrected chi connectivity index (χ1v) is 7.69. The zero-order valence-corrected chi connectivity index (χ0v) is 12.8. The minimum absolute atomic E-state index is 0.171. The van der Waals surface area contributed by atoms with Gasteiger partial charge in [0, 0.05) is 22.4 Å². The molecule has 0 bridgehead atoms. The lowest BCUT2D eigenvalue weighted by molar-refractivity contribution is 0.0283. The number of hydrazine groups is 1. The molecule has 0 aromatic carbocycles. The molecular formula is C12H21BrN2OS. The molecule has 0 amide bonds. The molecule has 1 rings (SSSR count). The minimum Gasteiger partial charge on any atom is -0.377 e. The highest BCUT2D eigenvalue weighted by molar-refractivity contribution is 9.10. The van der Waals surface area contributed by atoms with Crippen LogP contribution in [-0.4, -0.2) is 18.8 Å². The normalized spacial score (nSPS) is 14.8. The van der Waals surface area contributed by atoms with Crippen LogP contribution >= 0.6 is 27.3 Å². The molecule has 2 atom stereocenters. The summed E-state index contributed by atoms with van der Waals surface area (Å²) in [6.07, 6.45) is 3.23. The molecule has 0 spiro atoms. The number of hydrogen-bond acceptors (Lipinski definition) is 4. The Hall–Kier alpha value is 0.0600. The van der Waals surface area contributed by atoms with E-state index in [1.54, 1.807) is 11.3 Å². The third kappa shape index (κ3) is 4.67. The van der Waals surface area contributed by atoms with E-state index in [0.717, 1.165) is 30.3 Å². The molecule has 2 unspecified atom stereocenters. The van der Waals surface area contributed by atoms with Crippen molar-refractivity contribution in [3.63, 3.8) is 0 Å². The Kier molecular flexibility index (Phi) is 7.30. The largest absolute Gasteiger partial charge is 0.377 e. The molecule has 5 heteroatoms. The molecule has 3 N–H and O–H groups in total. The van der Waals surface area contributed by atoms with Gasteiger partial charge in [-0.3, -0.25) is 11.3 Å². The van der Waals surface area contributed by atoms with Crippen LogP contribution in [0, 0.1) is 0 Å². The van der Waals surface area contributed by atoms with Crippen molar-refractivity contribution in [2.24, 2.45) is 5.84 Å². The van der Waals surface area contributed by atoms with E-state index < -0.39 is 0 Å². The standard InChI is InChI=1S/C12H21BrN2OS/c1-3-5-11(16-4-2)10(15-14)8-12-9(13)6-7-17-12/h6-7,10-11,15H,3-5,8,14H2,1-2H3. The van der Waals surface area contributed by atoms with E-state index in [0.29, 0.717) is 0 Å². The lowest BCUT2D eigenvalue weighted by atomic mass is 10.0. The van der Waals surface area contributed by atoms with Crippen molar-refractivity contribution in [3.05, 3.63) is 20.8 Å². The number of halogens is 1. The number of hydrogen-bond donors (Lipinski definition) is 2. The van der Waals surface area contributed by atoms with Crippen LogP contribution in [0.5, 0.6) is 0 Å². The van der Waals surface area contributed by atoms with Crippen molar-refractivity contribution in [2.75, 3.05) is 6.61 Å². The van der Waals surface area contributed by atoms with Crippen LogP contribution in [0.25, 0.3) is 0 Å². The maximum Gasteiger partial charge on any atom is 0.0744 e. The zero-order valence-electron chi connectivity index (χ0n) is 10.4. The maximum absolute atomic E-state index is 5.77. The second kappa shape index (κ2) is 8.21. The highest BCUT2D eigenvalue weighted by atomic mass is 79.9. The van der Waals surface area contributed by atoms with Gasteiger partial charge in [-0.15, -0.1) is 11.3 Å². The predicted octanol–water partition coefficient (Wildman–Crippen LogP) is 3.09. The van der Waals surface area contributed by atoms with Gasteiger partial charge in [-0.05, 0) is 40.7 Å². The average molecular weight is 321 g/mol.